The number of Topliss-reactive ketones (excluding diaryl/α,β-unsaturated/α-hetero) is 2. The van der Waals surface area contributed by atoms with Crippen LogP contribution in [0.4, 0.5) is 0 Å². The third kappa shape index (κ3) is 1.64. The quantitative estimate of drug-likeness (QED) is 0.626. The average molecular weight is 331 g/mol. The number of halogens is 1. The highest BCUT2D eigenvalue weighted by Crippen LogP contribution is 2.44. The number of hydrogen-bond donors (Lipinski definition) is 0. The Morgan fingerprint density at radius 3 is 1.85 bits per heavy atom. The van der Waals surface area contributed by atoms with Crippen LogP contribution in [0.2, 0.25) is 0 Å². The molecule has 3 rings (SSSR count). The number of hydrogen-bond acceptors (Lipinski definition) is 3. The van der Waals surface area contributed by atoms with Crippen LogP contribution in [0.25, 0.3) is 0 Å². The van der Waals surface area contributed by atoms with Crippen LogP contribution in [0.15, 0.2) is 48.5 Å². The first kappa shape index (κ1) is 13.1. The van der Waals surface area contributed by atoms with Gasteiger partial charge in [0, 0.05) is 11.1 Å². The van der Waals surface area contributed by atoms with Gasteiger partial charge in [-0.2, -0.15) is 0 Å². The van der Waals surface area contributed by atoms with E-state index in [0.717, 1.165) is 0 Å². The SMILES string of the molecule is COc1ccc(C2(Br)C(=O)c3ccccc3C2=O)cc1. The van der Waals surface area contributed by atoms with Crippen molar-refractivity contribution < 1.29 is 14.3 Å². The normalized spacial score (nSPS) is 16.1. The van der Waals surface area contributed by atoms with Crippen LogP contribution in [0.5, 0.6) is 5.75 Å². The number of carbonyl (C=O) groups excluding carboxylic acids is 2. The Morgan fingerprint density at radius 2 is 1.40 bits per heavy atom. The first-order valence-electron chi connectivity index (χ1n) is 6.11. The molecule has 20 heavy (non-hydrogen) atoms. The van der Waals surface area contributed by atoms with E-state index in [2.05, 4.69) is 15.9 Å². The number of ketones is 2. The molecule has 0 radical (unpaired) electrons. The highest BCUT2D eigenvalue weighted by atomic mass is 79.9. The summed E-state index contributed by atoms with van der Waals surface area (Å²) in [4.78, 5) is 25.2. The predicted octanol–water partition coefficient (Wildman–Crippen LogP) is 3.36. The van der Waals surface area contributed by atoms with Crippen molar-refractivity contribution in [3.05, 3.63) is 65.2 Å². The van der Waals surface area contributed by atoms with E-state index in [1.807, 2.05) is 0 Å². The van der Waals surface area contributed by atoms with E-state index in [1.165, 1.54) is 0 Å². The molecular weight excluding hydrogens is 320 g/mol. The van der Waals surface area contributed by atoms with Gasteiger partial charge in [0.2, 0.25) is 0 Å². The second kappa shape index (κ2) is 4.56. The van der Waals surface area contributed by atoms with Gasteiger partial charge in [0.1, 0.15) is 5.75 Å². The smallest absolute Gasteiger partial charge is 0.192 e. The largest absolute Gasteiger partial charge is 0.497 e. The summed E-state index contributed by atoms with van der Waals surface area (Å²) >= 11 is 3.37. The zero-order chi connectivity index (χ0) is 14.3. The van der Waals surface area contributed by atoms with Crippen molar-refractivity contribution in [2.45, 2.75) is 4.32 Å². The van der Waals surface area contributed by atoms with Crippen molar-refractivity contribution in [2.24, 2.45) is 0 Å². The lowest BCUT2D eigenvalue weighted by Gasteiger charge is -2.19. The van der Waals surface area contributed by atoms with E-state index in [9.17, 15) is 9.59 Å². The van der Waals surface area contributed by atoms with E-state index in [1.54, 1.807) is 55.6 Å². The minimum Gasteiger partial charge on any atom is -0.497 e. The average Bonchev–Trinajstić information content (AvgIpc) is 2.71. The molecule has 0 bridgehead atoms. The molecule has 0 atom stereocenters. The van der Waals surface area contributed by atoms with Crippen LogP contribution < -0.4 is 4.74 Å². The fourth-order valence-corrected chi connectivity index (χ4v) is 3.13. The molecule has 0 saturated carbocycles. The fraction of sp³-hybridized carbons (Fsp3) is 0.125. The molecule has 0 fully saturated rings. The van der Waals surface area contributed by atoms with Gasteiger partial charge >= 0.3 is 0 Å². The van der Waals surface area contributed by atoms with Crippen molar-refractivity contribution in [3.63, 3.8) is 0 Å². The van der Waals surface area contributed by atoms with Gasteiger partial charge in [0.05, 0.1) is 7.11 Å². The Labute approximate surface area is 124 Å². The summed E-state index contributed by atoms with van der Waals surface area (Å²) in [7, 11) is 1.57. The van der Waals surface area contributed by atoms with Crippen LogP contribution in [-0.2, 0) is 4.32 Å². The Balaban J connectivity index is 2.13. The van der Waals surface area contributed by atoms with Crippen molar-refractivity contribution in [1.82, 2.24) is 0 Å². The summed E-state index contributed by atoms with van der Waals surface area (Å²) in [5, 5.41) is 0. The van der Waals surface area contributed by atoms with E-state index in [-0.39, 0.29) is 11.6 Å². The first-order chi connectivity index (χ1) is 9.59. The third-order valence-corrected chi connectivity index (χ3v) is 4.71. The van der Waals surface area contributed by atoms with Gasteiger partial charge in [-0.25, -0.2) is 0 Å². The molecule has 1 aliphatic rings. The lowest BCUT2D eigenvalue weighted by Crippen LogP contribution is -2.31. The monoisotopic (exact) mass is 330 g/mol. The van der Waals surface area contributed by atoms with Gasteiger partial charge in [-0.05, 0) is 17.7 Å². The minimum absolute atomic E-state index is 0.219. The summed E-state index contributed by atoms with van der Waals surface area (Å²) < 4.78 is 3.78. The summed E-state index contributed by atoms with van der Waals surface area (Å²) in [5.41, 5.74) is 1.54. The van der Waals surface area contributed by atoms with Gasteiger partial charge in [-0.15, -0.1) is 0 Å². The maximum absolute atomic E-state index is 12.6. The van der Waals surface area contributed by atoms with Crippen LogP contribution in [-0.4, -0.2) is 18.7 Å². The molecule has 100 valence electrons. The maximum Gasteiger partial charge on any atom is 0.192 e. The lowest BCUT2D eigenvalue weighted by molar-refractivity contribution is 0.0871. The third-order valence-electron chi connectivity index (χ3n) is 3.53. The van der Waals surface area contributed by atoms with Gasteiger partial charge in [-0.1, -0.05) is 52.3 Å². The van der Waals surface area contributed by atoms with Gasteiger partial charge < -0.3 is 4.74 Å². The number of alkyl halides is 1. The molecule has 0 aromatic heterocycles. The number of benzene rings is 2. The topological polar surface area (TPSA) is 43.4 Å². The standard InChI is InChI=1S/C16H11BrO3/c1-20-11-8-6-10(7-9-11)16(17)14(18)12-4-2-3-5-13(12)15(16)19/h2-9H,1H3. The molecule has 4 heteroatoms. The number of fused-ring (bicyclic) bond motifs is 1. The zero-order valence-electron chi connectivity index (χ0n) is 10.7. The van der Waals surface area contributed by atoms with Crippen molar-refractivity contribution in [1.29, 1.82) is 0 Å². The molecule has 2 aromatic rings. The molecule has 0 aliphatic heterocycles. The molecule has 2 aromatic carbocycles. The molecule has 0 heterocycles. The number of ether oxygens (including phenoxy) is 1. The van der Waals surface area contributed by atoms with Crippen LogP contribution in [0.1, 0.15) is 26.3 Å². The van der Waals surface area contributed by atoms with Crippen molar-refractivity contribution >= 4 is 27.5 Å². The van der Waals surface area contributed by atoms with Gasteiger partial charge in [0.25, 0.3) is 0 Å². The minimum atomic E-state index is -1.32. The molecule has 1 aliphatic carbocycles. The molecule has 0 N–H and O–H groups in total. The van der Waals surface area contributed by atoms with Gasteiger partial charge in [0.15, 0.2) is 15.9 Å². The highest BCUT2D eigenvalue weighted by Gasteiger charge is 2.52. The number of carbonyl (C=O) groups is 2. The Morgan fingerprint density at radius 1 is 0.900 bits per heavy atom. The molecule has 0 saturated heterocycles. The Bertz CT molecular complexity index is 669. The highest BCUT2D eigenvalue weighted by molar-refractivity contribution is 9.10. The molecule has 0 amide bonds. The van der Waals surface area contributed by atoms with E-state index in [4.69, 9.17) is 4.74 Å². The van der Waals surface area contributed by atoms with E-state index >= 15 is 0 Å². The zero-order valence-corrected chi connectivity index (χ0v) is 12.3. The second-order valence-corrected chi connectivity index (χ2v) is 5.78. The van der Waals surface area contributed by atoms with Crippen LogP contribution >= 0.6 is 15.9 Å². The van der Waals surface area contributed by atoms with Crippen LogP contribution in [0.3, 0.4) is 0 Å². The molecule has 0 spiro atoms. The number of rotatable bonds is 2. The first-order valence-corrected chi connectivity index (χ1v) is 6.90. The predicted molar refractivity (Wildman–Crippen MR) is 78.7 cm³/mol. The molecule has 0 unspecified atom stereocenters. The van der Waals surface area contributed by atoms with Crippen molar-refractivity contribution in [3.8, 4) is 5.75 Å². The summed E-state index contributed by atoms with van der Waals surface area (Å²) in [5.74, 6) is 0.242. The molecular formula is C16H11BrO3. The Hall–Kier alpha value is -1.94. The summed E-state index contributed by atoms with van der Waals surface area (Å²) in [6.45, 7) is 0. The lowest BCUT2D eigenvalue weighted by atomic mass is 9.94. The second-order valence-electron chi connectivity index (χ2n) is 4.59. The summed E-state index contributed by atoms with van der Waals surface area (Å²) in [6, 6.07) is 13.8. The number of methoxy groups -OCH3 is 1. The van der Waals surface area contributed by atoms with Crippen molar-refractivity contribution in [2.75, 3.05) is 7.11 Å². The summed E-state index contributed by atoms with van der Waals surface area (Å²) in [6.07, 6.45) is 0. The van der Waals surface area contributed by atoms with Crippen LogP contribution in [0, 0.1) is 0 Å². The van der Waals surface area contributed by atoms with Gasteiger partial charge in [-0.3, -0.25) is 9.59 Å². The van der Waals surface area contributed by atoms with E-state index < -0.39 is 4.32 Å². The Kier molecular flexibility index (Phi) is 2.98. The molecule has 3 nitrogen and oxygen atoms in total. The van der Waals surface area contributed by atoms with E-state index in [0.29, 0.717) is 22.4 Å². The fourth-order valence-electron chi connectivity index (χ4n) is 2.44. The maximum atomic E-state index is 12.6.